The maximum absolute atomic E-state index is 13.5. The summed E-state index contributed by atoms with van der Waals surface area (Å²) in [5.41, 5.74) is 6.87. The fourth-order valence-corrected chi connectivity index (χ4v) is 3.44. The first kappa shape index (κ1) is 22.0. The van der Waals surface area contributed by atoms with Crippen LogP contribution < -0.4 is 5.73 Å². The maximum Gasteiger partial charge on any atom is 0.217 e. The van der Waals surface area contributed by atoms with Crippen LogP contribution >= 0.6 is 0 Å². The molecule has 1 amide bonds. The van der Waals surface area contributed by atoms with Gasteiger partial charge < -0.3 is 10.8 Å². The van der Waals surface area contributed by atoms with Crippen LogP contribution in [0.1, 0.15) is 30.9 Å². The second kappa shape index (κ2) is 10.9. The number of primary amides is 1. The first-order valence-electron chi connectivity index (χ1n) is 9.55. The molecule has 2 aromatic rings. The average molecular weight is 390 g/mol. The molecule has 0 saturated carbocycles. The van der Waals surface area contributed by atoms with E-state index >= 15 is 0 Å². The molecule has 0 heterocycles. The van der Waals surface area contributed by atoms with Crippen molar-refractivity contribution >= 4 is 5.91 Å². The number of nitrogens with zero attached hydrogens (tertiary/aromatic N) is 1. The van der Waals surface area contributed by atoms with Crippen molar-refractivity contribution in [3.05, 3.63) is 71.3 Å². The third kappa shape index (κ3) is 7.37. The summed E-state index contributed by atoms with van der Waals surface area (Å²) in [5.74, 6) is -2.43. The zero-order valence-electron chi connectivity index (χ0n) is 16.2. The SMILES string of the molecule is CCCN(Cc1ccccc1)CC(O)C(CC(N)=O)Cc1cc(F)cc(F)c1. The van der Waals surface area contributed by atoms with E-state index in [0.717, 1.165) is 24.6 Å². The van der Waals surface area contributed by atoms with Gasteiger partial charge in [-0.05, 0) is 48.6 Å². The minimum absolute atomic E-state index is 0.0510. The molecule has 0 radical (unpaired) electrons. The van der Waals surface area contributed by atoms with Gasteiger partial charge in [-0.2, -0.15) is 0 Å². The molecule has 0 aliphatic rings. The molecule has 2 aromatic carbocycles. The van der Waals surface area contributed by atoms with E-state index in [2.05, 4.69) is 11.8 Å². The molecule has 2 atom stereocenters. The van der Waals surface area contributed by atoms with Crippen molar-refractivity contribution in [3.63, 3.8) is 0 Å². The van der Waals surface area contributed by atoms with Crippen LogP contribution in [-0.2, 0) is 17.8 Å². The van der Waals surface area contributed by atoms with Crippen LogP contribution in [0, 0.1) is 17.6 Å². The Morgan fingerprint density at radius 1 is 1.11 bits per heavy atom. The molecule has 0 spiro atoms. The summed E-state index contributed by atoms with van der Waals surface area (Å²) in [6.45, 7) is 3.85. The summed E-state index contributed by atoms with van der Waals surface area (Å²) in [5, 5.41) is 10.8. The van der Waals surface area contributed by atoms with Gasteiger partial charge in [-0.15, -0.1) is 0 Å². The first-order chi connectivity index (χ1) is 13.4. The lowest BCUT2D eigenvalue weighted by Crippen LogP contribution is -2.39. The van der Waals surface area contributed by atoms with E-state index in [4.69, 9.17) is 5.73 Å². The van der Waals surface area contributed by atoms with E-state index in [1.807, 2.05) is 30.3 Å². The normalized spacial score (nSPS) is 13.5. The van der Waals surface area contributed by atoms with E-state index in [0.29, 0.717) is 18.7 Å². The molecule has 6 heteroatoms. The molecule has 2 unspecified atom stereocenters. The van der Waals surface area contributed by atoms with Gasteiger partial charge in [-0.1, -0.05) is 37.3 Å². The topological polar surface area (TPSA) is 66.6 Å². The van der Waals surface area contributed by atoms with Crippen LogP contribution in [0.15, 0.2) is 48.5 Å². The molecule has 0 aromatic heterocycles. The van der Waals surface area contributed by atoms with Crippen LogP contribution in [0.25, 0.3) is 0 Å². The number of hydrogen-bond acceptors (Lipinski definition) is 3. The number of hydrogen-bond donors (Lipinski definition) is 2. The fraction of sp³-hybridized carbons (Fsp3) is 0.409. The largest absolute Gasteiger partial charge is 0.391 e. The highest BCUT2D eigenvalue weighted by Crippen LogP contribution is 2.20. The number of nitrogens with two attached hydrogens (primary N) is 1. The van der Waals surface area contributed by atoms with Crippen molar-refractivity contribution < 1.29 is 18.7 Å². The summed E-state index contributed by atoms with van der Waals surface area (Å²) in [7, 11) is 0. The molecule has 28 heavy (non-hydrogen) atoms. The maximum atomic E-state index is 13.5. The number of aliphatic hydroxyl groups is 1. The van der Waals surface area contributed by atoms with Crippen LogP contribution in [0.2, 0.25) is 0 Å². The Morgan fingerprint density at radius 3 is 2.32 bits per heavy atom. The molecule has 0 fully saturated rings. The number of aliphatic hydroxyl groups excluding tert-OH is 1. The van der Waals surface area contributed by atoms with Gasteiger partial charge in [0.25, 0.3) is 0 Å². The third-order valence-electron chi connectivity index (χ3n) is 4.66. The van der Waals surface area contributed by atoms with Gasteiger partial charge in [-0.25, -0.2) is 8.78 Å². The molecular formula is C22H28F2N2O2. The second-order valence-electron chi connectivity index (χ2n) is 7.20. The minimum atomic E-state index is -0.853. The monoisotopic (exact) mass is 390 g/mol. The van der Waals surface area contributed by atoms with Crippen LogP contribution in [0.3, 0.4) is 0 Å². The minimum Gasteiger partial charge on any atom is -0.391 e. The zero-order valence-corrected chi connectivity index (χ0v) is 16.2. The smallest absolute Gasteiger partial charge is 0.217 e. The van der Waals surface area contributed by atoms with Crippen molar-refractivity contribution in [1.29, 1.82) is 0 Å². The summed E-state index contributed by atoms with van der Waals surface area (Å²) in [6, 6.07) is 13.1. The Kier molecular flexibility index (Phi) is 8.54. The second-order valence-corrected chi connectivity index (χ2v) is 7.20. The van der Waals surface area contributed by atoms with E-state index in [1.54, 1.807) is 0 Å². The number of rotatable bonds is 11. The molecule has 3 N–H and O–H groups in total. The van der Waals surface area contributed by atoms with Crippen LogP contribution in [-0.4, -0.2) is 35.1 Å². The number of halogens is 2. The number of amides is 1. The number of carbonyl (C=O) groups is 1. The Labute approximate surface area is 165 Å². The Hall–Kier alpha value is -2.31. The van der Waals surface area contributed by atoms with Crippen molar-refractivity contribution in [2.24, 2.45) is 11.7 Å². The summed E-state index contributed by atoms with van der Waals surface area (Å²) in [4.78, 5) is 13.6. The zero-order chi connectivity index (χ0) is 20.5. The van der Waals surface area contributed by atoms with E-state index in [1.165, 1.54) is 12.1 Å². The van der Waals surface area contributed by atoms with E-state index < -0.39 is 29.6 Å². The highest BCUT2D eigenvalue weighted by Gasteiger charge is 2.24. The van der Waals surface area contributed by atoms with Gasteiger partial charge >= 0.3 is 0 Å². The van der Waals surface area contributed by atoms with Gasteiger partial charge in [0.2, 0.25) is 5.91 Å². The number of benzene rings is 2. The Bertz CT molecular complexity index is 735. The average Bonchev–Trinajstić information content (AvgIpc) is 2.61. The summed E-state index contributed by atoms with van der Waals surface area (Å²) < 4.78 is 27.0. The highest BCUT2D eigenvalue weighted by molar-refractivity contribution is 5.74. The predicted molar refractivity (Wildman–Crippen MR) is 105 cm³/mol. The van der Waals surface area contributed by atoms with Gasteiger partial charge in [0.05, 0.1) is 6.10 Å². The Balaban J connectivity index is 2.10. The van der Waals surface area contributed by atoms with Crippen LogP contribution in [0.4, 0.5) is 8.78 Å². The molecule has 0 aliphatic carbocycles. The van der Waals surface area contributed by atoms with Crippen LogP contribution in [0.5, 0.6) is 0 Å². The van der Waals surface area contributed by atoms with Gasteiger partial charge in [-0.3, -0.25) is 9.69 Å². The standard InChI is InChI=1S/C22H28F2N2O2/c1-2-8-26(14-16-6-4-3-5-7-16)15-21(27)18(12-22(25)28)9-17-10-19(23)13-20(24)11-17/h3-7,10-11,13,18,21,27H,2,8-9,12,14-15H2,1H3,(H2,25,28). The van der Waals surface area contributed by atoms with Gasteiger partial charge in [0.1, 0.15) is 11.6 Å². The summed E-state index contributed by atoms with van der Waals surface area (Å²) in [6.07, 6.45) is 0.179. The lowest BCUT2D eigenvalue weighted by atomic mass is 9.90. The quantitative estimate of drug-likeness (QED) is 0.619. The predicted octanol–water partition coefficient (Wildman–Crippen LogP) is 3.27. The van der Waals surface area contributed by atoms with Crippen molar-refractivity contribution in [3.8, 4) is 0 Å². The molecule has 2 rings (SSSR count). The third-order valence-corrected chi connectivity index (χ3v) is 4.66. The van der Waals surface area contributed by atoms with E-state index in [-0.39, 0.29) is 12.8 Å². The Morgan fingerprint density at radius 2 is 1.75 bits per heavy atom. The molecule has 4 nitrogen and oxygen atoms in total. The molecule has 0 saturated heterocycles. The van der Waals surface area contributed by atoms with Crippen molar-refractivity contribution in [2.75, 3.05) is 13.1 Å². The van der Waals surface area contributed by atoms with E-state index in [9.17, 15) is 18.7 Å². The molecular weight excluding hydrogens is 362 g/mol. The fourth-order valence-electron chi connectivity index (χ4n) is 3.44. The summed E-state index contributed by atoms with van der Waals surface area (Å²) >= 11 is 0. The van der Waals surface area contributed by atoms with Crippen molar-refractivity contribution in [1.82, 2.24) is 4.90 Å². The van der Waals surface area contributed by atoms with Crippen molar-refractivity contribution in [2.45, 2.75) is 38.8 Å². The molecule has 0 aliphatic heterocycles. The highest BCUT2D eigenvalue weighted by atomic mass is 19.1. The first-order valence-corrected chi connectivity index (χ1v) is 9.55. The number of carbonyl (C=O) groups excluding carboxylic acids is 1. The molecule has 0 bridgehead atoms. The lowest BCUT2D eigenvalue weighted by Gasteiger charge is -2.29. The van der Waals surface area contributed by atoms with Gasteiger partial charge in [0, 0.05) is 25.6 Å². The van der Waals surface area contributed by atoms with Gasteiger partial charge in [0.15, 0.2) is 0 Å². The molecule has 152 valence electrons. The lowest BCUT2D eigenvalue weighted by molar-refractivity contribution is -0.120.